The molecule has 4 nitrogen and oxygen atoms in total. The van der Waals surface area contributed by atoms with E-state index in [1.54, 1.807) is 0 Å². The van der Waals surface area contributed by atoms with E-state index >= 15 is 0 Å². The molecule has 1 aliphatic rings. The van der Waals surface area contributed by atoms with Crippen LogP contribution in [0.2, 0.25) is 0 Å². The van der Waals surface area contributed by atoms with Crippen molar-refractivity contribution in [3.8, 4) is 5.75 Å². The van der Waals surface area contributed by atoms with Crippen LogP contribution in [0.1, 0.15) is 28.8 Å². The predicted molar refractivity (Wildman–Crippen MR) is 95.2 cm³/mol. The standard InChI is InChI=1S/C20H24N2O2/c23-20(21-12-15-22-13-4-5-14-22)18-10-8-17(9-11-18)16-24-19-6-2-1-3-7-19/h1-3,6-11H,4-5,12-16H2,(H,21,23). The molecule has 1 amide bonds. The van der Waals surface area contributed by atoms with Crippen molar-refractivity contribution in [2.45, 2.75) is 19.4 Å². The smallest absolute Gasteiger partial charge is 0.251 e. The fourth-order valence-corrected chi connectivity index (χ4v) is 2.87. The molecule has 0 bridgehead atoms. The summed E-state index contributed by atoms with van der Waals surface area (Å²) in [5.74, 6) is 0.839. The molecular weight excluding hydrogens is 300 g/mol. The summed E-state index contributed by atoms with van der Waals surface area (Å²) >= 11 is 0. The van der Waals surface area contributed by atoms with Gasteiger partial charge in [-0.15, -0.1) is 0 Å². The Labute approximate surface area is 143 Å². The van der Waals surface area contributed by atoms with E-state index < -0.39 is 0 Å². The Morgan fingerprint density at radius 2 is 1.71 bits per heavy atom. The highest BCUT2D eigenvalue weighted by atomic mass is 16.5. The van der Waals surface area contributed by atoms with E-state index in [0.717, 1.165) is 30.9 Å². The van der Waals surface area contributed by atoms with Crippen LogP contribution in [0.25, 0.3) is 0 Å². The minimum absolute atomic E-state index is 0.00951. The molecule has 2 aromatic rings. The van der Waals surface area contributed by atoms with Crippen LogP contribution < -0.4 is 10.1 Å². The number of benzene rings is 2. The Kier molecular flexibility index (Phi) is 5.85. The molecule has 0 spiro atoms. The second-order valence-electron chi connectivity index (χ2n) is 6.10. The first-order valence-corrected chi connectivity index (χ1v) is 8.58. The maximum absolute atomic E-state index is 12.1. The van der Waals surface area contributed by atoms with Crippen LogP contribution in [0.15, 0.2) is 54.6 Å². The van der Waals surface area contributed by atoms with Crippen molar-refractivity contribution in [3.63, 3.8) is 0 Å². The van der Waals surface area contributed by atoms with E-state index in [4.69, 9.17) is 4.74 Å². The van der Waals surface area contributed by atoms with Crippen LogP contribution >= 0.6 is 0 Å². The van der Waals surface area contributed by atoms with Gasteiger partial charge in [-0.25, -0.2) is 0 Å². The number of hydrogen-bond donors (Lipinski definition) is 1. The van der Waals surface area contributed by atoms with Crippen molar-refractivity contribution in [1.29, 1.82) is 0 Å². The molecule has 4 heteroatoms. The van der Waals surface area contributed by atoms with Gasteiger partial charge in [0, 0.05) is 18.7 Å². The number of hydrogen-bond acceptors (Lipinski definition) is 3. The molecule has 1 aliphatic heterocycles. The Hall–Kier alpha value is -2.33. The second-order valence-corrected chi connectivity index (χ2v) is 6.10. The van der Waals surface area contributed by atoms with Crippen LogP contribution in [0.4, 0.5) is 0 Å². The number of amides is 1. The molecule has 3 rings (SSSR count). The third-order valence-electron chi connectivity index (χ3n) is 4.28. The number of para-hydroxylation sites is 1. The van der Waals surface area contributed by atoms with E-state index in [-0.39, 0.29) is 5.91 Å². The Morgan fingerprint density at radius 3 is 2.42 bits per heavy atom. The fourth-order valence-electron chi connectivity index (χ4n) is 2.87. The normalized spacial score (nSPS) is 14.5. The minimum Gasteiger partial charge on any atom is -0.489 e. The highest BCUT2D eigenvalue weighted by Gasteiger charge is 2.11. The van der Waals surface area contributed by atoms with Gasteiger partial charge in [0.1, 0.15) is 12.4 Å². The Morgan fingerprint density at radius 1 is 1.00 bits per heavy atom. The summed E-state index contributed by atoms with van der Waals surface area (Å²) in [4.78, 5) is 14.5. The zero-order valence-electron chi connectivity index (χ0n) is 13.9. The third-order valence-corrected chi connectivity index (χ3v) is 4.28. The molecule has 0 radical (unpaired) electrons. The number of carbonyl (C=O) groups is 1. The van der Waals surface area contributed by atoms with Crippen LogP contribution in [-0.2, 0) is 6.61 Å². The number of carbonyl (C=O) groups excluding carboxylic acids is 1. The molecule has 1 N–H and O–H groups in total. The van der Waals surface area contributed by atoms with Crippen LogP contribution in [-0.4, -0.2) is 37.0 Å². The number of nitrogens with one attached hydrogen (secondary N) is 1. The molecule has 0 saturated carbocycles. The lowest BCUT2D eigenvalue weighted by Crippen LogP contribution is -2.33. The highest BCUT2D eigenvalue weighted by Crippen LogP contribution is 2.12. The maximum atomic E-state index is 12.1. The summed E-state index contributed by atoms with van der Waals surface area (Å²) < 4.78 is 5.71. The van der Waals surface area contributed by atoms with Gasteiger partial charge in [-0.3, -0.25) is 4.79 Å². The van der Waals surface area contributed by atoms with Gasteiger partial charge in [-0.05, 0) is 55.8 Å². The monoisotopic (exact) mass is 324 g/mol. The van der Waals surface area contributed by atoms with E-state index in [1.807, 2.05) is 54.6 Å². The van der Waals surface area contributed by atoms with Gasteiger partial charge in [0.25, 0.3) is 5.91 Å². The summed E-state index contributed by atoms with van der Waals surface area (Å²) in [5, 5.41) is 2.99. The topological polar surface area (TPSA) is 41.6 Å². The Bertz CT molecular complexity index is 634. The zero-order chi connectivity index (χ0) is 16.6. The molecule has 126 valence electrons. The SMILES string of the molecule is O=C(NCCN1CCCC1)c1ccc(COc2ccccc2)cc1. The van der Waals surface area contributed by atoms with Crippen molar-refractivity contribution in [1.82, 2.24) is 10.2 Å². The van der Waals surface area contributed by atoms with E-state index in [1.165, 1.54) is 12.8 Å². The molecule has 0 unspecified atom stereocenters. The molecule has 1 saturated heterocycles. The number of rotatable bonds is 7. The first kappa shape index (κ1) is 16.5. The lowest BCUT2D eigenvalue weighted by molar-refractivity contribution is 0.0949. The maximum Gasteiger partial charge on any atom is 0.251 e. The zero-order valence-corrected chi connectivity index (χ0v) is 13.9. The summed E-state index contributed by atoms with van der Waals surface area (Å²) in [6, 6.07) is 17.3. The van der Waals surface area contributed by atoms with Crippen LogP contribution in [0, 0.1) is 0 Å². The van der Waals surface area contributed by atoms with Crippen molar-refractivity contribution >= 4 is 5.91 Å². The molecule has 2 aromatic carbocycles. The van der Waals surface area contributed by atoms with Gasteiger partial charge in [0.2, 0.25) is 0 Å². The van der Waals surface area contributed by atoms with Crippen molar-refractivity contribution in [3.05, 3.63) is 65.7 Å². The van der Waals surface area contributed by atoms with Crippen LogP contribution in [0.5, 0.6) is 5.75 Å². The van der Waals surface area contributed by atoms with Crippen molar-refractivity contribution < 1.29 is 9.53 Å². The average molecular weight is 324 g/mol. The lowest BCUT2D eigenvalue weighted by atomic mass is 10.1. The molecule has 0 aliphatic carbocycles. The molecule has 24 heavy (non-hydrogen) atoms. The van der Waals surface area contributed by atoms with Gasteiger partial charge < -0.3 is 15.0 Å². The molecule has 0 atom stereocenters. The number of likely N-dealkylation sites (tertiary alicyclic amines) is 1. The lowest BCUT2D eigenvalue weighted by Gasteiger charge is -2.14. The van der Waals surface area contributed by atoms with Gasteiger partial charge in [0.15, 0.2) is 0 Å². The van der Waals surface area contributed by atoms with Gasteiger partial charge in [-0.1, -0.05) is 30.3 Å². The van der Waals surface area contributed by atoms with E-state index in [2.05, 4.69) is 10.2 Å². The van der Waals surface area contributed by atoms with Crippen molar-refractivity contribution in [2.75, 3.05) is 26.2 Å². The average Bonchev–Trinajstić information content (AvgIpc) is 3.15. The summed E-state index contributed by atoms with van der Waals surface area (Å²) in [6.45, 7) is 4.46. The molecule has 1 fully saturated rings. The Balaban J connectivity index is 1.43. The largest absolute Gasteiger partial charge is 0.489 e. The molecule has 0 aromatic heterocycles. The van der Waals surface area contributed by atoms with Crippen molar-refractivity contribution in [2.24, 2.45) is 0 Å². The summed E-state index contributed by atoms with van der Waals surface area (Å²) in [7, 11) is 0. The summed E-state index contributed by atoms with van der Waals surface area (Å²) in [5.41, 5.74) is 1.74. The third kappa shape index (κ3) is 4.83. The summed E-state index contributed by atoms with van der Waals surface area (Å²) in [6.07, 6.45) is 2.56. The minimum atomic E-state index is -0.00951. The molecule has 1 heterocycles. The first-order valence-electron chi connectivity index (χ1n) is 8.58. The quantitative estimate of drug-likeness (QED) is 0.851. The highest BCUT2D eigenvalue weighted by molar-refractivity contribution is 5.94. The number of nitrogens with zero attached hydrogens (tertiary/aromatic N) is 1. The van der Waals surface area contributed by atoms with Gasteiger partial charge >= 0.3 is 0 Å². The van der Waals surface area contributed by atoms with Gasteiger partial charge in [-0.2, -0.15) is 0 Å². The van der Waals surface area contributed by atoms with Gasteiger partial charge in [0.05, 0.1) is 0 Å². The number of ether oxygens (including phenoxy) is 1. The van der Waals surface area contributed by atoms with E-state index in [9.17, 15) is 4.79 Å². The predicted octanol–water partition coefficient (Wildman–Crippen LogP) is 3.09. The van der Waals surface area contributed by atoms with Crippen LogP contribution in [0.3, 0.4) is 0 Å². The second kappa shape index (κ2) is 8.50. The first-order chi connectivity index (χ1) is 11.8. The fraction of sp³-hybridized carbons (Fsp3) is 0.350. The molecular formula is C20H24N2O2. The van der Waals surface area contributed by atoms with E-state index in [0.29, 0.717) is 18.7 Å².